The van der Waals surface area contributed by atoms with Crippen molar-refractivity contribution >= 4 is 28.3 Å². The number of hydrogen-bond donors (Lipinski definition) is 0. The van der Waals surface area contributed by atoms with E-state index in [2.05, 4.69) is 10.1 Å². The molecule has 0 spiro atoms. The van der Waals surface area contributed by atoms with Crippen molar-refractivity contribution in [2.24, 2.45) is 7.05 Å². The summed E-state index contributed by atoms with van der Waals surface area (Å²) in [6.07, 6.45) is 2.32. The Morgan fingerprint density at radius 2 is 1.84 bits per heavy atom. The second-order valence-corrected chi connectivity index (χ2v) is 7.76. The number of nitrogens with zero attached hydrogens (tertiary/aromatic N) is 5. The SMILES string of the molecule is COc1ccc(CCN(C)c2cnn(-c3nc4ccccc4n3C)c(=O)c2Cl)cc1OC. The first-order valence-corrected chi connectivity index (χ1v) is 10.4. The number of imidazole rings is 1. The van der Waals surface area contributed by atoms with Crippen LogP contribution >= 0.6 is 11.6 Å². The number of aryl methyl sites for hydroxylation is 1. The third kappa shape index (κ3) is 3.89. The smallest absolute Gasteiger partial charge is 0.295 e. The molecule has 0 radical (unpaired) electrons. The first-order valence-electron chi connectivity index (χ1n) is 10.1. The van der Waals surface area contributed by atoms with E-state index in [4.69, 9.17) is 21.1 Å². The fourth-order valence-corrected chi connectivity index (χ4v) is 3.88. The molecule has 0 aliphatic rings. The number of para-hydroxylation sites is 2. The Kier molecular flexibility index (Phi) is 6.05. The molecule has 4 rings (SSSR count). The Morgan fingerprint density at radius 3 is 2.56 bits per heavy atom. The molecule has 0 amide bonds. The van der Waals surface area contributed by atoms with Crippen molar-refractivity contribution in [3.8, 4) is 17.4 Å². The number of aromatic nitrogens is 4. The predicted molar refractivity (Wildman–Crippen MR) is 126 cm³/mol. The average molecular weight is 454 g/mol. The summed E-state index contributed by atoms with van der Waals surface area (Å²) in [5.41, 5.74) is 2.91. The van der Waals surface area contributed by atoms with Crippen LogP contribution in [0.3, 0.4) is 0 Å². The van der Waals surface area contributed by atoms with Crippen LogP contribution in [0.25, 0.3) is 17.0 Å². The molecule has 4 aromatic rings. The normalized spacial score (nSPS) is 11.0. The Hall–Kier alpha value is -3.52. The molecule has 2 aromatic heterocycles. The fraction of sp³-hybridized carbons (Fsp3) is 0.261. The quantitative estimate of drug-likeness (QED) is 0.426. The Morgan fingerprint density at radius 1 is 1.09 bits per heavy atom. The number of fused-ring (bicyclic) bond motifs is 1. The van der Waals surface area contributed by atoms with Gasteiger partial charge in [-0.25, -0.2) is 4.98 Å². The van der Waals surface area contributed by atoms with Gasteiger partial charge in [0.25, 0.3) is 5.56 Å². The van der Waals surface area contributed by atoms with E-state index in [1.807, 2.05) is 66.0 Å². The summed E-state index contributed by atoms with van der Waals surface area (Å²) in [4.78, 5) is 19.5. The van der Waals surface area contributed by atoms with Crippen molar-refractivity contribution in [3.05, 3.63) is 69.6 Å². The summed E-state index contributed by atoms with van der Waals surface area (Å²) >= 11 is 6.47. The maximum atomic E-state index is 13.0. The zero-order valence-corrected chi connectivity index (χ0v) is 19.1. The standard InChI is InChI=1S/C23H24ClN5O3/c1-27(12-11-15-9-10-19(31-3)20(13-15)32-4)18-14-25-29(22(30)21(18)24)23-26-16-7-5-6-8-17(16)28(23)2/h5-10,13-14H,11-12H2,1-4H3. The van der Waals surface area contributed by atoms with Gasteiger partial charge in [-0.05, 0) is 36.2 Å². The van der Waals surface area contributed by atoms with Gasteiger partial charge in [0, 0.05) is 20.6 Å². The molecule has 0 fully saturated rings. The zero-order valence-electron chi connectivity index (χ0n) is 18.4. The third-order valence-electron chi connectivity index (χ3n) is 5.45. The van der Waals surface area contributed by atoms with Crippen LogP contribution in [-0.2, 0) is 13.5 Å². The first-order chi connectivity index (χ1) is 15.4. The maximum Gasteiger partial charge on any atom is 0.295 e. The highest BCUT2D eigenvalue weighted by atomic mass is 35.5. The molecule has 0 N–H and O–H groups in total. The van der Waals surface area contributed by atoms with E-state index in [-0.39, 0.29) is 5.02 Å². The number of anilines is 1. The summed E-state index contributed by atoms with van der Waals surface area (Å²) in [7, 11) is 6.94. The van der Waals surface area contributed by atoms with Crippen LogP contribution in [0.4, 0.5) is 5.69 Å². The van der Waals surface area contributed by atoms with E-state index < -0.39 is 5.56 Å². The van der Waals surface area contributed by atoms with Crippen LogP contribution in [0.1, 0.15) is 5.56 Å². The van der Waals surface area contributed by atoms with Gasteiger partial charge in [0.1, 0.15) is 5.02 Å². The number of rotatable bonds is 7. The van der Waals surface area contributed by atoms with Gasteiger partial charge in [-0.2, -0.15) is 9.78 Å². The summed E-state index contributed by atoms with van der Waals surface area (Å²) in [6.45, 7) is 0.632. The van der Waals surface area contributed by atoms with Crippen LogP contribution in [0.2, 0.25) is 5.02 Å². The van der Waals surface area contributed by atoms with Gasteiger partial charge in [0.15, 0.2) is 11.5 Å². The number of halogens is 1. The van der Waals surface area contributed by atoms with E-state index in [0.29, 0.717) is 29.7 Å². The van der Waals surface area contributed by atoms with Gasteiger partial charge < -0.3 is 18.9 Å². The van der Waals surface area contributed by atoms with Crippen molar-refractivity contribution in [1.29, 1.82) is 0 Å². The molecule has 0 bridgehead atoms. The van der Waals surface area contributed by atoms with E-state index in [0.717, 1.165) is 23.0 Å². The topological polar surface area (TPSA) is 74.4 Å². The molecule has 0 unspecified atom stereocenters. The Bertz CT molecular complexity index is 1330. The summed E-state index contributed by atoms with van der Waals surface area (Å²) < 4.78 is 13.7. The first kappa shape index (κ1) is 21.7. The minimum atomic E-state index is -0.416. The van der Waals surface area contributed by atoms with Crippen LogP contribution in [0.5, 0.6) is 11.5 Å². The molecule has 0 saturated carbocycles. The molecular weight excluding hydrogens is 430 g/mol. The second kappa shape index (κ2) is 8.92. The van der Waals surface area contributed by atoms with Gasteiger partial charge in [0.2, 0.25) is 5.95 Å². The van der Waals surface area contributed by atoms with E-state index in [1.165, 1.54) is 4.68 Å². The summed E-state index contributed by atoms with van der Waals surface area (Å²) in [6, 6.07) is 13.5. The van der Waals surface area contributed by atoms with Gasteiger partial charge in [-0.1, -0.05) is 29.8 Å². The number of ether oxygens (including phenoxy) is 2. The largest absolute Gasteiger partial charge is 0.493 e. The Labute approximate surface area is 190 Å². The Balaban J connectivity index is 1.58. The molecule has 32 heavy (non-hydrogen) atoms. The van der Waals surface area contributed by atoms with Crippen LogP contribution in [-0.4, -0.2) is 47.1 Å². The van der Waals surface area contributed by atoms with Gasteiger partial charge in [0.05, 0.1) is 37.1 Å². The van der Waals surface area contributed by atoms with Crippen molar-refractivity contribution in [2.75, 3.05) is 32.7 Å². The van der Waals surface area contributed by atoms with Crippen molar-refractivity contribution in [2.45, 2.75) is 6.42 Å². The lowest BCUT2D eigenvalue weighted by Crippen LogP contribution is -2.28. The maximum absolute atomic E-state index is 13.0. The number of likely N-dealkylation sites (N-methyl/N-ethyl adjacent to an activating group) is 1. The molecule has 2 aromatic carbocycles. The number of benzene rings is 2. The molecule has 0 aliphatic carbocycles. The van der Waals surface area contributed by atoms with Crippen molar-refractivity contribution < 1.29 is 9.47 Å². The fourth-order valence-electron chi connectivity index (χ4n) is 3.61. The van der Waals surface area contributed by atoms with E-state index >= 15 is 0 Å². The lowest BCUT2D eigenvalue weighted by Gasteiger charge is -2.20. The lowest BCUT2D eigenvalue weighted by molar-refractivity contribution is 0.354. The average Bonchev–Trinajstić information content (AvgIpc) is 3.15. The summed E-state index contributed by atoms with van der Waals surface area (Å²) in [5, 5.41) is 4.45. The van der Waals surface area contributed by atoms with Gasteiger partial charge in [-0.3, -0.25) is 4.79 Å². The van der Waals surface area contributed by atoms with E-state index in [9.17, 15) is 4.79 Å². The molecule has 0 atom stereocenters. The van der Waals surface area contributed by atoms with Crippen LogP contribution < -0.4 is 19.9 Å². The molecule has 0 saturated heterocycles. The van der Waals surface area contributed by atoms with Crippen molar-refractivity contribution in [3.63, 3.8) is 0 Å². The molecule has 2 heterocycles. The molecular formula is C23H24ClN5O3. The van der Waals surface area contributed by atoms with Crippen LogP contribution in [0, 0.1) is 0 Å². The minimum absolute atomic E-state index is 0.0990. The third-order valence-corrected chi connectivity index (χ3v) is 5.80. The molecule has 166 valence electrons. The van der Waals surface area contributed by atoms with E-state index in [1.54, 1.807) is 20.4 Å². The molecule has 9 heteroatoms. The molecule has 8 nitrogen and oxygen atoms in total. The number of hydrogen-bond acceptors (Lipinski definition) is 6. The number of methoxy groups -OCH3 is 2. The lowest BCUT2D eigenvalue weighted by atomic mass is 10.1. The second-order valence-electron chi connectivity index (χ2n) is 7.38. The highest BCUT2D eigenvalue weighted by Gasteiger charge is 2.18. The zero-order chi connectivity index (χ0) is 22.8. The predicted octanol–water partition coefficient (Wildman–Crippen LogP) is 3.47. The molecule has 0 aliphatic heterocycles. The minimum Gasteiger partial charge on any atom is -0.493 e. The van der Waals surface area contributed by atoms with Crippen molar-refractivity contribution in [1.82, 2.24) is 19.3 Å². The highest BCUT2D eigenvalue weighted by Crippen LogP contribution is 2.28. The highest BCUT2D eigenvalue weighted by molar-refractivity contribution is 6.33. The monoisotopic (exact) mass is 453 g/mol. The van der Waals surface area contributed by atoms with Crippen LogP contribution in [0.15, 0.2) is 53.5 Å². The summed E-state index contributed by atoms with van der Waals surface area (Å²) in [5.74, 6) is 1.78. The van der Waals surface area contributed by atoms with Gasteiger partial charge >= 0.3 is 0 Å². The van der Waals surface area contributed by atoms with Gasteiger partial charge in [-0.15, -0.1) is 0 Å².